The van der Waals surface area contributed by atoms with Gasteiger partial charge in [-0.1, -0.05) is 12.1 Å². The van der Waals surface area contributed by atoms with E-state index in [1.54, 1.807) is 6.33 Å². The monoisotopic (exact) mass is 337 g/mol. The molecule has 0 radical (unpaired) electrons. The van der Waals surface area contributed by atoms with Crippen LogP contribution in [0, 0.1) is 6.92 Å². The first-order valence-corrected chi connectivity index (χ1v) is 8.75. The molecule has 0 aliphatic carbocycles. The predicted molar refractivity (Wildman–Crippen MR) is 100 cm³/mol. The van der Waals surface area contributed by atoms with Crippen molar-refractivity contribution in [3.63, 3.8) is 0 Å². The molecule has 25 heavy (non-hydrogen) atoms. The summed E-state index contributed by atoms with van der Waals surface area (Å²) in [6.07, 6.45) is 4.67. The van der Waals surface area contributed by atoms with Crippen LogP contribution in [0.5, 0.6) is 0 Å². The van der Waals surface area contributed by atoms with Crippen LogP contribution >= 0.6 is 0 Å². The smallest absolute Gasteiger partial charge is 0.134 e. The Kier molecular flexibility index (Phi) is 4.52. The molecule has 0 atom stereocenters. The van der Waals surface area contributed by atoms with Crippen LogP contribution in [-0.4, -0.2) is 47.8 Å². The van der Waals surface area contributed by atoms with E-state index in [-0.39, 0.29) is 0 Å². The van der Waals surface area contributed by atoms with Gasteiger partial charge in [-0.2, -0.15) is 0 Å². The molecule has 6 heteroatoms. The van der Waals surface area contributed by atoms with Gasteiger partial charge in [-0.15, -0.1) is 0 Å². The largest absolute Gasteiger partial charge is 0.378 e. The first kappa shape index (κ1) is 15.9. The van der Waals surface area contributed by atoms with Gasteiger partial charge in [-0.3, -0.25) is 0 Å². The number of morpholine rings is 1. The number of nitrogens with one attached hydrogen (secondary N) is 2. The van der Waals surface area contributed by atoms with E-state index >= 15 is 0 Å². The maximum Gasteiger partial charge on any atom is 0.134 e. The number of anilines is 2. The van der Waals surface area contributed by atoms with E-state index in [1.165, 1.54) is 22.0 Å². The number of aromatic amines is 1. The summed E-state index contributed by atoms with van der Waals surface area (Å²) in [4.78, 5) is 14.3. The Hall–Kier alpha value is -2.60. The highest BCUT2D eigenvalue weighted by molar-refractivity contribution is 5.83. The number of aryl methyl sites for hydroxylation is 1. The molecule has 2 aromatic heterocycles. The minimum atomic E-state index is 0.757. The minimum Gasteiger partial charge on any atom is -0.378 e. The van der Waals surface area contributed by atoms with Crippen LogP contribution in [0.15, 0.2) is 36.8 Å². The van der Waals surface area contributed by atoms with Crippen LogP contribution in [-0.2, 0) is 11.2 Å². The number of hydrogen-bond acceptors (Lipinski definition) is 5. The van der Waals surface area contributed by atoms with Crippen LogP contribution in [0.1, 0.15) is 11.1 Å². The number of nitrogens with zero attached hydrogens (tertiary/aromatic N) is 3. The zero-order valence-corrected chi connectivity index (χ0v) is 14.5. The Morgan fingerprint density at radius 2 is 2.08 bits per heavy atom. The highest BCUT2D eigenvalue weighted by Gasteiger charge is 2.13. The fourth-order valence-corrected chi connectivity index (χ4v) is 3.24. The zero-order valence-electron chi connectivity index (χ0n) is 14.5. The zero-order chi connectivity index (χ0) is 17.1. The predicted octanol–water partition coefficient (Wildman–Crippen LogP) is 2.76. The topological polar surface area (TPSA) is 66.1 Å². The first-order valence-electron chi connectivity index (χ1n) is 8.75. The molecule has 0 spiro atoms. The molecule has 6 nitrogen and oxygen atoms in total. The standard InChI is InChI=1S/C19H23N5O/c1-14-2-3-16-15(12-21-17(16)10-14)4-5-20-18-11-19(23-13-22-18)24-6-8-25-9-7-24/h2-3,10-13,21H,4-9H2,1H3,(H,20,22,23). The number of aromatic nitrogens is 3. The number of fused-ring (bicyclic) bond motifs is 1. The average molecular weight is 337 g/mol. The van der Waals surface area contributed by atoms with Gasteiger partial charge in [0.1, 0.15) is 18.0 Å². The summed E-state index contributed by atoms with van der Waals surface area (Å²) in [6, 6.07) is 8.55. The van der Waals surface area contributed by atoms with Gasteiger partial charge in [0.2, 0.25) is 0 Å². The minimum absolute atomic E-state index is 0.757. The van der Waals surface area contributed by atoms with Gasteiger partial charge >= 0.3 is 0 Å². The third-order valence-electron chi connectivity index (χ3n) is 4.61. The Labute approximate surface area is 147 Å². The Balaban J connectivity index is 1.39. The van der Waals surface area contributed by atoms with Crippen LogP contribution in [0.4, 0.5) is 11.6 Å². The molecule has 4 rings (SSSR count). The molecule has 3 heterocycles. The summed E-state index contributed by atoms with van der Waals surface area (Å²) in [5.41, 5.74) is 3.80. The molecule has 3 aromatic rings. The van der Waals surface area contributed by atoms with Crippen LogP contribution in [0.3, 0.4) is 0 Å². The maximum absolute atomic E-state index is 5.40. The number of rotatable bonds is 5. The third kappa shape index (κ3) is 3.58. The number of benzene rings is 1. The maximum atomic E-state index is 5.40. The fraction of sp³-hybridized carbons (Fsp3) is 0.368. The lowest BCUT2D eigenvalue weighted by atomic mass is 10.1. The van der Waals surface area contributed by atoms with Crippen molar-refractivity contribution >= 4 is 22.5 Å². The lowest BCUT2D eigenvalue weighted by Crippen LogP contribution is -2.36. The lowest BCUT2D eigenvalue weighted by molar-refractivity contribution is 0.122. The second-order valence-corrected chi connectivity index (χ2v) is 6.40. The van der Waals surface area contributed by atoms with E-state index in [1.807, 2.05) is 6.07 Å². The quantitative estimate of drug-likeness (QED) is 0.749. The van der Waals surface area contributed by atoms with Crippen molar-refractivity contribution in [1.29, 1.82) is 0 Å². The molecule has 1 fully saturated rings. The molecule has 0 unspecified atom stereocenters. The summed E-state index contributed by atoms with van der Waals surface area (Å²) in [5, 5.41) is 4.71. The Morgan fingerprint density at radius 3 is 2.96 bits per heavy atom. The van der Waals surface area contributed by atoms with E-state index in [4.69, 9.17) is 4.74 Å². The summed E-state index contributed by atoms with van der Waals surface area (Å²) in [5.74, 6) is 1.83. The lowest BCUT2D eigenvalue weighted by Gasteiger charge is -2.27. The molecule has 1 aliphatic heterocycles. The number of H-pyrrole nitrogens is 1. The van der Waals surface area contributed by atoms with Crippen molar-refractivity contribution < 1.29 is 4.74 Å². The van der Waals surface area contributed by atoms with Gasteiger partial charge in [-0.25, -0.2) is 9.97 Å². The van der Waals surface area contributed by atoms with E-state index < -0.39 is 0 Å². The second-order valence-electron chi connectivity index (χ2n) is 6.40. The average Bonchev–Trinajstić information content (AvgIpc) is 3.05. The van der Waals surface area contributed by atoms with Crippen LogP contribution in [0.25, 0.3) is 10.9 Å². The van der Waals surface area contributed by atoms with Gasteiger partial charge in [0.25, 0.3) is 0 Å². The van der Waals surface area contributed by atoms with Gasteiger partial charge < -0.3 is 19.9 Å². The van der Waals surface area contributed by atoms with Crippen molar-refractivity contribution in [2.75, 3.05) is 43.1 Å². The Bertz CT molecular complexity index is 854. The first-order chi connectivity index (χ1) is 12.3. The number of ether oxygens (including phenoxy) is 1. The molecular formula is C19H23N5O. The van der Waals surface area contributed by atoms with Gasteiger partial charge in [0.05, 0.1) is 13.2 Å². The summed E-state index contributed by atoms with van der Waals surface area (Å²) >= 11 is 0. The van der Waals surface area contributed by atoms with Crippen molar-refractivity contribution in [2.45, 2.75) is 13.3 Å². The molecule has 0 amide bonds. The van der Waals surface area contributed by atoms with E-state index in [2.05, 4.69) is 56.5 Å². The normalized spacial score (nSPS) is 14.8. The highest BCUT2D eigenvalue weighted by atomic mass is 16.5. The fourth-order valence-electron chi connectivity index (χ4n) is 3.24. The van der Waals surface area contributed by atoms with Crippen LogP contribution < -0.4 is 10.2 Å². The summed E-state index contributed by atoms with van der Waals surface area (Å²) in [7, 11) is 0. The summed E-state index contributed by atoms with van der Waals surface area (Å²) in [6.45, 7) is 6.22. The molecule has 1 aliphatic rings. The molecule has 1 aromatic carbocycles. The molecule has 1 saturated heterocycles. The molecule has 130 valence electrons. The van der Waals surface area contributed by atoms with Gasteiger partial charge in [0, 0.05) is 42.8 Å². The molecular weight excluding hydrogens is 314 g/mol. The molecule has 2 N–H and O–H groups in total. The third-order valence-corrected chi connectivity index (χ3v) is 4.61. The van der Waals surface area contributed by atoms with E-state index in [0.29, 0.717) is 0 Å². The van der Waals surface area contributed by atoms with Gasteiger partial charge in [-0.05, 0) is 30.5 Å². The van der Waals surface area contributed by atoms with E-state index in [0.717, 1.165) is 50.9 Å². The highest BCUT2D eigenvalue weighted by Crippen LogP contribution is 2.20. The number of hydrogen-bond donors (Lipinski definition) is 2. The summed E-state index contributed by atoms with van der Waals surface area (Å²) < 4.78 is 5.40. The Morgan fingerprint density at radius 1 is 1.20 bits per heavy atom. The van der Waals surface area contributed by atoms with Crippen molar-refractivity contribution in [3.8, 4) is 0 Å². The van der Waals surface area contributed by atoms with Crippen molar-refractivity contribution in [2.24, 2.45) is 0 Å². The second kappa shape index (κ2) is 7.11. The SMILES string of the molecule is Cc1ccc2c(CCNc3cc(N4CCOCC4)ncn3)c[nH]c2c1. The van der Waals surface area contributed by atoms with E-state index in [9.17, 15) is 0 Å². The van der Waals surface area contributed by atoms with Gasteiger partial charge in [0.15, 0.2) is 0 Å². The van der Waals surface area contributed by atoms with Crippen molar-refractivity contribution in [3.05, 3.63) is 47.9 Å². The molecule has 0 saturated carbocycles. The van der Waals surface area contributed by atoms with Crippen LogP contribution in [0.2, 0.25) is 0 Å². The van der Waals surface area contributed by atoms with Crippen molar-refractivity contribution in [1.82, 2.24) is 15.0 Å². The molecule has 0 bridgehead atoms.